The number of hydrogen-bond acceptors (Lipinski definition) is 7. The van der Waals surface area contributed by atoms with E-state index in [9.17, 15) is 24.9 Å². The fraction of sp³-hybridized carbons (Fsp3) is 0.556. The van der Waals surface area contributed by atoms with E-state index in [-0.39, 0.29) is 40.4 Å². The average Bonchev–Trinajstić information content (AvgIpc) is 3.23. The van der Waals surface area contributed by atoms with Gasteiger partial charge in [0.05, 0.1) is 17.1 Å². The first-order chi connectivity index (χ1) is 15.9. The molecule has 0 aliphatic carbocycles. The fourth-order valence-electron chi connectivity index (χ4n) is 4.43. The Labute approximate surface area is 200 Å². The van der Waals surface area contributed by atoms with Crippen LogP contribution in [-0.2, 0) is 6.42 Å². The minimum Gasteiger partial charge on any atom is -0.507 e. The van der Waals surface area contributed by atoms with Gasteiger partial charge in [-0.25, -0.2) is 4.79 Å². The van der Waals surface area contributed by atoms with Crippen molar-refractivity contribution in [3.05, 3.63) is 44.8 Å². The number of allylic oxidation sites excluding steroid dienone is 2. The summed E-state index contributed by atoms with van der Waals surface area (Å²) in [5.74, 6) is -0.811. The number of aliphatic hydroxyl groups is 2. The van der Waals surface area contributed by atoms with Crippen molar-refractivity contribution in [2.75, 3.05) is 0 Å². The molecular weight excluding hydrogens is 436 g/mol. The van der Waals surface area contributed by atoms with Gasteiger partial charge in [-0.15, -0.1) is 0 Å². The van der Waals surface area contributed by atoms with Gasteiger partial charge in [0.25, 0.3) is 0 Å². The van der Waals surface area contributed by atoms with Crippen molar-refractivity contribution < 1.29 is 29.3 Å². The molecule has 0 bridgehead atoms. The van der Waals surface area contributed by atoms with Gasteiger partial charge < -0.3 is 24.5 Å². The van der Waals surface area contributed by atoms with Crippen LogP contribution in [-0.4, -0.2) is 32.8 Å². The Morgan fingerprint density at radius 3 is 2.56 bits per heavy atom. The van der Waals surface area contributed by atoms with Crippen molar-refractivity contribution in [2.24, 2.45) is 5.92 Å². The molecule has 1 aliphatic rings. The van der Waals surface area contributed by atoms with Crippen molar-refractivity contribution in [2.45, 2.75) is 91.5 Å². The van der Waals surface area contributed by atoms with Gasteiger partial charge >= 0.3 is 5.63 Å². The molecule has 4 unspecified atom stereocenters. The molecule has 0 spiro atoms. The Morgan fingerprint density at radius 2 is 1.97 bits per heavy atom. The minimum atomic E-state index is -1.22. The van der Waals surface area contributed by atoms with Gasteiger partial charge in [0.1, 0.15) is 23.2 Å². The molecule has 1 aliphatic heterocycles. The van der Waals surface area contributed by atoms with E-state index in [4.69, 9.17) is 9.15 Å². The fourth-order valence-corrected chi connectivity index (χ4v) is 4.43. The van der Waals surface area contributed by atoms with E-state index in [1.165, 1.54) is 6.07 Å². The van der Waals surface area contributed by atoms with Crippen molar-refractivity contribution in [3.8, 4) is 11.5 Å². The number of carbonyl (C=O) groups is 1. The van der Waals surface area contributed by atoms with Crippen LogP contribution < -0.4 is 10.4 Å². The number of benzene rings is 1. The number of Topliss-reactive ketones (excluding diaryl/α,β-unsaturated/α-hetero) is 1. The Kier molecular flexibility index (Phi) is 7.58. The summed E-state index contributed by atoms with van der Waals surface area (Å²) in [7, 11) is 0. The molecule has 3 N–H and O–H groups in total. The van der Waals surface area contributed by atoms with Gasteiger partial charge in [-0.1, -0.05) is 32.4 Å². The van der Waals surface area contributed by atoms with Gasteiger partial charge in [0, 0.05) is 29.5 Å². The standard InChI is InChI=1S/C27H36O7/c1-7-15(5)23(30)22-24(31)17-12-19(27(6,32)11-9-10-14(3)4)33-25(17)21-16(18(28)8-2)13-20(29)34-26(21)22/h10,13,15,18-19,28,31-32H,7-9,11-12H2,1-6H3. The quantitative estimate of drug-likeness (QED) is 0.268. The van der Waals surface area contributed by atoms with Crippen molar-refractivity contribution in [3.63, 3.8) is 0 Å². The molecule has 1 aromatic carbocycles. The highest BCUT2D eigenvalue weighted by atomic mass is 16.5. The maximum absolute atomic E-state index is 13.3. The summed E-state index contributed by atoms with van der Waals surface area (Å²) in [5, 5.41) is 33.4. The number of rotatable bonds is 9. The Balaban J connectivity index is 2.25. The summed E-state index contributed by atoms with van der Waals surface area (Å²) < 4.78 is 11.7. The van der Waals surface area contributed by atoms with E-state index >= 15 is 0 Å². The van der Waals surface area contributed by atoms with Crippen molar-refractivity contribution in [1.29, 1.82) is 0 Å². The van der Waals surface area contributed by atoms with Crippen LogP contribution in [0, 0.1) is 5.92 Å². The summed E-state index contributed by atoms with van der Waals surface area (Å²) in [6.07, 6.45) is 2.50. The first-order valence-corrected chi connectivity index (χ1v) is 12.0. The summed E-state index contributed by atoms with van der Waals surface area (Å²) >= 11 is 0. The molecule has 34 heavy (non-hydrogen) atoms. The smallest absolute Gasteiger partial charge is 0.336 e. The van der Waals surface area contributed by atoms with Crippen molar-refractivity contribution >= 4 is 16.8 Å². The minimum absolute atomic E-state index is 0.0706. The SMILES string of the molecule is CCC(C)C(=O)c1c(O)c2c(c3c(C(O)CC)cc(=O)oc13)OC(C(C)(O)CCC=C(C)C)C2. The molecule has 0 fully saturated rings. The molecule has 4 atom stereocenters. The highest BCUT2D eigenvalue weighted by molar-refractivity contribution is 6.12. The first kappa shape index (κ1) is 26.0. The maximum atomic E-state index is 13.3. The van der Waals surface area contributed by atoms with Crippen LogP contribution in [0.4, 0.5) is 0 Å². The van der Waals surface area contributed by atoms with Crippen LogP contribution in [0.15, 0.2) is 26.9 Å². The first-order valence-electron chi connectivity index (χ1n) is 12.0. The van der Waals surface area contributed by atoms with Gasteiger partial charge in [0.2, 0.25) is 0 Å². The van der Waals surface area contributed by atoms with E-state index in [1.807, 2.05) is 26.8 Å². The van der Waals surface area contributed by atoms with Crippen LogP contribution in [0.2, 0.25) is 0 Å². The molecule has 3 rings (SSSR count). The Morgan fingerprint density at radius 1 is 1.29 bits per heavy atom. The lowest BCUT2D eigenvalue weighted by atomic mass is 9.87. The molecule has 7 nitrogen and oxygen atoms in total. The molecule has 7 heteroatoms. The number of phenols is 1. The van der Waals surface area contributed by atoms with Crippen LogP contribution in [0.3, 0.4) is 0 Å². The number of carbonyl (C=O) groups excluding carboxylic acids is 1. The number of fused-ring (bicyclic) bond motifs is 3. The van der Waals surface area contributed by atoms with E-state index in [2.05, 4.69) is 0 Å². The highest BCUT2D eigenvalue weighted by Crippen LogP contribution is 2.49. The van der Waals surface area contributed by atoms with Crippen LogP contribution in [0.25, 0.3) is 11.0 Å². The van der Waals surface area contributed by atoms with E-state index < -0.39 is 29.4 Å². The van der Waals surface area contributed by atoms with Gasteiger partial charge in [0.15, 0.2) is 11.4 Å². The van der Waals surface area contributed by atoms with Gasteiger partial charge in [-0.3, -0.25) is 4.79 Å². The number of hydrogen-bond donors (Lipinski definition) is 3. The third-order valence-electron chi connectivity index (χ3n) is 6.84. The maximum Gasteiger partial charge on any atom is 0.336 e. The second-order valence-electron chi connectivity index (χ2n) is 9.84. The zero-order chi connectivity index (χ0) is 25.4. The third-order valence-corrected chi connectivity index (χ3v) is 6.84. The van der Waals surface area contributed by atoms with E-state index in [0.29, 0.717) is 36.6 Å². The summed E-state index contributed by atoms with van der Waals surface area (Å²) in [6, 6.07) is 1.20. The summed E-state index contributed by atoms with van der Waals surface area (Å²) in [4.78, 5) is 25.7. The number of aromatic hydroxyl groups is 1. The Bertz CT molecular complexity index is 1170. The summed E-state index contributed by atoms with van der Waals surface area (Å²) in [6.45, 7) is 11.1. The zero-order valence-corrected chi connectivity index (χ0v) is 20.9. The van der Waals surface area contributed by atoms with Crippen molar-refractivity contribution in [1.82, 2.24) is 0 Å². The molecule has 0 saturated heterocycles. The second kappa shape index (κ2) is 9.92. The third kappa shape index (κ3) is 4.77. The number of phenolic OH excluding ortho intramolecular Hbond substituents is 1. The lowest BCUT2D eigenvalue weighted by Gasteiger charge is -2.29. The van der Waals surface area contributed by atoms with E-state index in [0.717, 1.165) is 5.57 Å². The molecule has 186 valence electrons. The number of ketones is 1. The summed E-state index contributed by atoms with van der Waals surface area (Å²) in [5.41, 5.74) is -0.283. The normalized spacial score (nSPS) is 18.6. The largest absolute Gasteiger partial charge is 0.507 e. The molecular formula is C27H36O7. The molecule has 0 saturated carbocycles. The Hall–Kier alpha value is -2.64. The number of ether oxygens (including phenoxy) is 1. The topological polar surface area (TPSA) is 117 Å². The highest BCUT2D eigenvalue weighted by Gasteiger charge is 2.42. The van der Waals surface area contributed by atoms with Crippen LogP contribution >= 0.6 is 0 Å². The predicted octanol–water partition coefficient (Wildman–Crippen LogP) is 4.97. The van der Waals surface area contributed by atoms with Crippen LogP contribution in [0.5, 0.6) is 11.5 Å². The second-order valence-corrected chi connectivity index (χ2v) is 9.84. The predicted molar refractivity (Wildman–Crippen MR) is 131 cm³/mol. The van der Waals surface area contributed by atoms with Gasteiger partial charge in [-0.2, -0.15) is 0 Å². The lowest BCUT2D eigenvalue weighted by molar-refractivity contribution is -0.0429. The molecule has 0 amide bonds. The monoisotopic (exact) mass is 472 g/mol. The van der Waals surface area contributed by atoms with Crippen LogP contribution in [0.1, 0.15) is 94.8 Å². The molecule has 2 heterocycles. The molecule has 0 radical (unpaired) electrons. The van der Waals surface area contributed by atoms with Gasteiger partial charge in [-0.05, 0) is 46.5 Å². The lowest BCUT2D eigenvalue weighted by Crippen LogP contribution is -2.42. The van der Waals surface area contributed by atoms with E-state index in [1.54, 1.807) is 20.8 Å². The molecule has 2 aromatic rings. The molecule has 1 aromatic heterocycles. The number of aliphatic hydroxyl groups excluding tert-OH is 1. The average molecular weight is 473 g/mol. The zero-order valence-electron chi connectivity index (χ0n) is 20.9.